The molecule has 0 saturated heterocycles. The van der Waals surface area contributed by atoms with Crippen LogP contribution in [0.2, 0.25) is 0 Å². The topological polar surface area (TPSA) is 51.2 Å². The van der Waals surface area contributed by atoms with Gasteiger partial charge in [0.2, 0.25) is 11.8 Å². The van der Waals surface area contributed by atoms with Crippen molar-refractivity contribution in [1.82, 2.24) is 10.3 Å². The van der Waals surface area contributed by atoms with Crippen molar-refractivity contribution in [3.63, 3.8) is 0 Å². The van der Waals surface area contributed by atoms with Crippen LogP contribution in [0.15, 0.2) is 79.0 Å². The van der Waals surface area contributed by atoms with Gasteiger partial charge in [0, 0.05) is 23.9 Å². The average Bonchev–Trinajstić information content (AvgIpc) is 2.68. The predicted molar refractivity (Wildman–Crippen MR) is 103 cm³/mol. The highest BCUT2D eigenvalue weighted by Gasteiger charge is 2.09. The number of aromatic nitrogens is 1. The molecule has 3 aromatic rings. The first kappa shape index (κ1) is 18.3. The second-order valence-electron chi connectivity index (χ2n) is 5.93. The molecular weight excluding hydrogens is 343 g/mol. The first-order valence-electron chi connectivity index (χ1n) is 8.54. The first-order chi connectivity index (χ1) is 13.1. The lowest BCUT2D eigenvalue weighted by Crippen LogP contribution is -2.24. The number of pyridine rings is 1. The average molecular weight is 362 g/mol. The Kier molecular flexibility index (Phi) is 5.94. The molecule has 1 amide bonds. The molecule has 0 fully saturated rings. The predicted octanol–water partition coefficient (Wildman–Crippen LogP) is 4.90. The normalized spacial score (nSPS) is 11.9. The Morgan fingerprint density at radius 2 is 1.93 bits per heavy atom. The number of hydrogen-bond donors (Lipinski definition) is 1. The molecule has 0 saturated carbocycles. The molecular formula is C22H19FN2O2. The van der Waals surface area contributed by atoms with E-state index in [2.05, 4.69) is 10.3 Å². The molecule has 136 valence electrons. The van der Waals surface area contributed by atoms with Gasteiger partial charge in [-0.1, -0.05) is 36.4 Å². The van der Waals surface area contributed by atoms with Gasteiger partial charge in [-0.05, 0) is 42.8 Å². The largest absolute Gasteiger partial charge is 0.439 e. The summed E-state index contributed by atoms with van der Waals surface area (Å²) >= 11 is 0. The van der Waals surface area contributed by atoms with E-state index in [9.17, 15) is 9.18 Å². The van der Waals surface area contributed by atoms with Crippen LogP contribution in [0.3, 0.4) is 0 Å². The van der Waals surface area contributed by atoms with E-state index in [1.165, 1.54) is 18.2 Å². The maximum Gasteiger partial charge on any atom is 0.244 e. The molecule has 27 heavy (non-hydrogen) atoms. The van der Waals surface area contributed by atoms with Crippen LogP contribution in [0.25, 0.3) is 6.08 Å². The SMILES string of the molecule is CC(NC(=O)/C=C/c1ccccc1F)c1cccc(Oc2ccccn2)c1. The molecule has 5 heteroatoms. The van der Waals surface area contributed by atoms with Crippen molar-refractivity contribution in [3.8, 4) is 11.6 Å². The van der Waals surface area contributed by atoms with Crippen LogP contribution in [0.1, 0.15) is 24.1 Å². The van der Waals surface area contributed by atoms with Gasteiger partial charge in [0.15, 0.2) is 0 Å². The number of carbonyl (C=O) groups is 1. The summed E-state index contributed by atoms with van der Waals surface area (Å²) in [4.78, 5) is 16.3. The standard InChI is InChI=1S/C22H19FN2O2/c1-16(25-21(26)13-12-17-7-2-3-10-20(17)23)18-8-6-9-19(15-18)27-22-11-4-5-14-24-22/h2-16H,1H3,(H,25,26)/b13-12+. The molecule has 0 spiro atoms. The maximum atomic E-state index is 13.6. The number of rotatable bonds is 6. The van der Waals surface area contributed by atoms with Gasteiger partial charge >= 0.3 is 0 Å². The maximum absolute atomic E-state index is 13.6. The second-order valence-corrected chi connectivity index (χ2v) is 5.93. The van der Waals surface area contributed by atoms with Gasteiger partial charge in [-0.15, -0.1) is 0 Å². The minimum Gasteiger partial charge on any atom is -0.439 e. The lowest BCUT2D eigenvalue weighted by Gasteiger charge is -2.14. The number of halogens is 1. The summed E-state index contributed by atoms with van der Waals surface area (Å²) in [6.07, 6.45) is 4.44. The van der Waals surface area contributed by atoms with E-state index in [1.807, 2.05) is 43.3 Å². The van der Waals surface area contributed by atoms with Gasteiger partial charge in [0.1, 0.15) is 11.6 Å². The fourth-order valence-electron chi connectivity index (χ4n) is 2.50. The molecule has 1 aromatic heterocycles. The molecule has 4 nitrogen and oxygen atoms in total. The summed E-state index contributed by atoms with van der Waals surface area (Å²) in [5, 5.41) is 2.86. The monoisotopic (exact) mass is 362 g/mol. The van der Waals surface area contributed by atoms with E-state index in [0.29, 0.717) is 17.2 Å². The van der Waals surface area contributed by atoms with Gasteiger partial charge in [0.25, 0.3) is 0 Å². The third-order valence-electron chi connectivity index (χ3n) is 3.90. The molecule has 0 bridgehead atoms. The molecule has 0 aliphatic rings. The zero-order valence-electron chi connectivity index (χ0n) is 14.8. The number of nitrogens with one attached hydrogen (secondary N) is 1. The van der Waals surface area contributed by atoms with E-state index in [4.69, 9.17) is 4.74 Å². The van der Waals surface area contributed by atoms with Crippen LogP contribution in [-0.4, -0.2) is 10.9 Å². The lowest BCUT2D eigenvalue weighted by atomic mass is 10.1. The minimum absolute atomic E-state index is 0.241. The second kappa shape index (κ2) is 8.76. The van der Waals surface area contributed by atoms with Gasteiger partial charge in [-0.2, -0.15) is 0 Å². The Labute approximate surface area is 157 Å². The third kappa shape index (κ3) is 5.25. The molecule has 1 heterocycles. The molecule has 1 atom stereocenters. The van der Waals surface area contributed by atoms with Crippen molar-refractivity contribution in [3.05, 3.63) is 95.9 Å². The molecule has 0 aliphatic carbocycles. The highest BCUT2D eigenvalue weighted by atomic mass is 19.1. The Bertz CT molecular complexity index is 942. The zero-order valence-corrected chi connectivity index (χ0v) is 14.8. The van der Waals surface area contributed by atoms with Gasteiger partial charge in [-0.3, -0.25) is 4.79 Å². The quantitative estimate of drug-likeness (QED) is 0.634. The van der Waals surface area contributed by atoms with Crippen molar-refractivity contribution in [1.29, 1.82) is 0 Å². The minimum atomic E-state index is -0.367. The first-order valence-corrected chi connectivity index (χ1v) is 8.54. The third-order valence-corrected chi connectivity index (χ3v) is 3.90. The number of hydrogen-bond acceptors (Lipinski definition) is 3. The van der Waals surface area contributed by atoms with Crippen molar-refractivity contribution in [2.45, 2.75) is 13.0 Å². The van der Waals surface area contributed by atoms with Crippen molar-refractivity contribution >= 4 is 12.0 Å². The van der Waals surface area contributed by atoms with Crippen LogP contribution >= 0.6 is 0 Å². The zero-order chi connectivity index (χ0) is 19.1. The Hall–Kier alpha value is -3.47. The Balaban J connectivity index is 1.63. The summed E-state index contributed by atoms with van der Waals surface area (Å²) in [6, 6.07) is 18.9. The summed E-state index contributed by atoms with van der Waals surface area (Å²) in [5.74, 6) is 0.462. The number of benzene rings is 2. The Morgan fingerprint density at radius 3 is 2.70 bits per heavy atom. The van der Waals surface area contributed by atoms with Crippen LogP contribution in [-0.2, 0) is 4.79 Å². The van der Waals surface area contributed by atoms with E-state index < -0.39 is 0 Å². The fraction of sp³-hybridized carbons (Fsp3) is 0.0909. The molecule has 1 N–H and O–H groups in total. The molecule has 0 radical (unpaired) electrons. The summed E-state index contributed by atoms with van der Waals surface area (Å²) < 4.78 is 19.3. The molecule has 2 aromatic carbocycles. The highest BCUT2D eigenvalue weighted by Crippen LogP contribution is 2.23. The van der Waals surface area contributed by atoms with Gasteiger partial charge in [0.05, 0.1) is 6.04 Å². The smallest absolute Gasteiger partial charge is 0.244 e. The van der Waals surface area contributed by atoms with E-state index in [1.54, 1.807) is 30.5 Å². The van der Waals surface area contributed by atoms with Crippen LogP contribution in [0.4, 0.5) is 4.39 Å². The number of amides is 1. The van der Waals surface area contributed by atoms with E-state index in [-0.39, 0.29) is 17.8 Å². The highest BCUT2D eigenvalue weighted by molar-refractivity contribution is 5.92. The molecule has 0 aliphatic heterocycles. The number of nitrogens with zero attached hydrogens (tertiary/aromatic N) is 1. The molecule has 3 rings (SSSR count). The van der Waals surface area contributed by atoms with Crippen LogP contribution in [0.5, 0.6) is 11.6 Å². The van der Waals surface area contributed by atoms with E-state index in [0.717, 1.165) is 5.56 Å². The van der Waals surface area contributed by atoms with Crippen LogP contribution in [0, 0.1) is 5.82 Å². The van der Waals surface area contributed by atoms with E-state index >= 15 is 0 Å². The Morgan fingerprint density at radius 1 is 1.11 bits per heavy atom. The van der Waals surface area contributed by atoms with Crippen molar-refractivity contribution < 1.29 is 13.9 Å². The number of ether oxygens (including phenoxy) is 1. The van der Waals surface area contributed by atoms with Gasteiger partial charge in [-0.25, -0.2) is 9.37 Å². The lowest BCUT2D eigenvalue weighted by molar-refractivity contribution is -0.117. The summed E-state index contributed by atoms with van der Waals surface area (Å²) in [6.45, 7) is 1.87. The summed E-state index contributed by atoms with van der Waals surface area (Å²) in [7, 11) is 0. The summed E-state index contributed by atoms with van der Waals surface area (Å²) in [5.41, 5.74) is 1.25. The van der Waals surface area contributed by atoms with Crippen molar-refractivity contribution in [2.24, 2.45) is 0 Å². The van der Waals surface area contributed by atoms with Crippen LogP contribution < -0.4 is 10.1 Å². The van der Waals surface area contributed by atoms with Crippen molar-refractivity contribution in [2.75, 3.05) is 0 Å². The fourth-order valence-corrected chi connectivity index (χ4v) is 2.50. The van der Waals surface area contributed by atoms with Gasteiger partial charge < -0.3 is 10.1 Å². The molecule has 1 unspecified atom stereocenters. The number of carbonyl (C=O) groups excluding carboxylic acids is 1.